The molecule has 2 aromatic carbocycles. The van der Waals surface area contributed by atoms with E-state index in [2.05, 4.69) is 45.1 Å². The van der Waals surface area contributed by atoms with Crippen LogP contribution in [0.4, 0.5) is 5.69 Å². The molecular weight excluding hydrogens is 366 g/mol. The molecule has 4 heteroatoms. The van der Waals surface area contributed by atoms with Crippen molar-refractivity contribution in [3.63, 3.8) is 0 Å². The molecule has 0 bridgehead atoms. The minimum atomic E-state index is -0.293. The number of esters is 1. The lowest BCUT2D eigenvalue weighted by molar-refractivity contribution is 0.0601. The van der Waals surface area contributed by atoms with Gasteiger partial charge in [-0.3, -0.25) is 0 Å². The van der Waals surface area contributed by atoms with Gasteiger partial charge in [-0.1, -0.05) is 45.8 Å². The summed E-state index contributed by atoms with van der Waals surface area (Å²) < 4.78 is 5.88. The van der Waals surface area contributed by atoms with Crippen LogP contribution in [0.1, 0.15) is 28.8 Å². The Morgan fingerprint density at radius 2 is 1.75 bits per heavy atom. The third kappa shape index (κ3) is 3.88. The summed E-state index contributed by atoms with van der Waals surface area (Å²) in [5, 5.41) is 0. The van der Waals surface area contributed by atoms with Gasteiger partial charge in [0.15, 0.2) is 0 Å². The van der Waals surface area contributed by atoms with Gasteiger partial charge in [0.1, 0.15) is 0 Å². The molecule has 0 radical (unpaired) electrons. The van der Waals surface area contributed by atoms with Gasteiger partial charge in [0.05, 0.1) is 12.7 Å². The van der Waals surface area contributed by atoms with E-state index in [1.54, 1.807) is 0 Å². The number of piperidine rings is 1. The molecule has 1 heterocycles. The highest BCUT2D eigenvalue weighted by Crippen LogP contribution is 2.26. The quantitative estimate of drug-likeness (QED) is 0.702. The van der Waals surface area contributed by atoms with Gasteiger partial charge in [0.2, 0.25) is 0 Å². The standard InChI is InChI=1S/C20H20BrNO2/c1-24-20(23)16-6-8-18(9-7-16)22-12-10-15(11-13-22)14-17-4-2-3-5-19(17)21/h2-9,14H,10-13H2,1H3. The van der Waals surface area contributed by atoms with Crippen LogP contribution in [0.2, 0.25) is 0 Å². The predicted molar refractivity (Wildman–Crippen MR) is 101 cm³/mol. The van der Waals surface area contributed by atoms with Crippen molar-refractivity contribution in [3.05, 3.63) is 69.7 Å². The molecule has 0 aromatic heterocycles. The number of halogens is 1. The normalized spacial score (nSPS) is 14.4. The molecule has 0 unspecified atom stereocenters. The number of hydrogen-bond acceptors (Lipinski definition) is 3. The highest BCUT2D eigenvalue weighted by molar-refractivity contribution is 9.10. The monoisotopic (exact) mass is 385 g/mol. The van der Waals surface area contributed by atoms with Crippen LogP contribution in [-0.2, 0) is 4.74 Å². The lowest BCUT2D eigenvalue weighted by Gasteiger charge is -2.30. The molecule has 0 aliphatic carbocycles. The van der Waals surface area contributed by atoms with E-state index in [-0.39, 0.29) is 5.97 Å². The summed E-state index contributed by atoms with van der Waals surface area (Å²) in [5.41, 5.74) is 4.46. The van der Waals surface area contributed by atoms with Gasteiger partial charge in [-0.2, -0.15) is 0 Å². The van der Waals surface area contributed by atoms with Crippen molar-refractivity contribution in [2.45, 2.75) is 12.8 Å². The molecule has 3 nitrogen and oxygen atoms in total. The first-order chi connectivity index (χ1) is 11.7. The second-order valence-electron chi connectivity index (χ2n) is 5.85. The van der Waals surface area contributed by atoms with Crippen LogP contribution < -0.4 is 4.90 Å². The van der Waals surface area contributed by atoms with E-state index in [0.717, 1.165) is 36.1 Å². The zero-order chi connectivity index (χ0) is 16.9. The summed E-state index contributed by atoms with van der Waals surface area (Å²) in [7, 11) is 1.40. The summed E-state index contributed by atoms with van der Waals surface area (Å²) in [6, 6.07) is 16.0. The number of ether oxygens (including phenoxy) is 1. The topological polar surface area (TPSA) is 29.5 Å². The number of methoxy groups -OCH3 is 1. The molecule has 2 aromatic rings. The summed E-state index contributed by atoms with van der Waals surface area (Å²) in [4.78, 5) is 13.9. The molecular formula is C20H20BrNO2. The molecule has 1 aliphatic heterocycles. The second kappa shape index (κ2) is 7.67. The number of carbonyl (C=O) groups is 1. The molecule has 1 saturated heterocycles. The van der Waals surface area contributed by atoms with Gasteiger partial charge in [-0.25, -0.2) is 4.79 Å². The van der Waals surface area contributed by atoms with Gasteiger partial charge in [0.25, 0.3) is 0 Å². The molecule has 3 rings (SSSR count). The van der Waals surface area contributed by atoms with Crippen molar-refractivity contribution in [3.8, 4) is 0 Å². The van der Waals surface area contributed by atoms with E-state index in [1.807, 2.05) is 30.3 Å². The minimum absolute atomic E-state index is 0.293. The van der Waals surface area contributed by atoms with Gasteiger partial charge in [0, 0.05) is 23.2 Å². The summed E-state index contributed by atoms with van der Waals surface area (Å²) in [6.07, 6.45) is 4.40. The second-order valence-corrected chi connectivity index (χ2v) is 6.70. The third-order valence-electron chi connectivity index (χ3n) is 4.32. The van der Waals surface area contributed by atoms with Crippen molar-refractivity contribution < 1.29 is 9.53 Å². The Balaban J connectivity index is 1.65. The Bertz CT molecular complexity index is 742. The molecule has 24 heavy (non-hydrogen) atoms. The highest BCUT2D eigenvalue weighted by Gasteiger charge is 2.15. The van der Waals surface area contributed by atoms with Crippen LogP contribution in [0, 0.1) is 0 Å². The molecule has 0 spiro atoms. The smallest absolute Gasteiger partial charge is 0.337 e. The lowest BCUT2D eigenvalue weighted by atomic mass is 10.0. The van der Waals surface area contributed by atoms with Crippen molar-refractivity contribution in [2.24, 2.45) is 0 Å². The van der Waals surface area contributed by atoms with Crippen LogP contribution in [0.5, 0.6) is 0 Å². The number of rotatable bonds is 3. The minimum Gasteiger partial charge on any atom is -0.465 e. The first-order valence-electron chi connectivity index (χ1n) is 8.04. The van der Waals surface area contributed by atoms with Crippen LogP contribution in [0.15, 0.2) is 58.6 Å². The maximum Gasteiger partial charge on any atom is 0.337 e. The molecule has 0 amide bonds. The Kier molecular flexibility index (Phi) is 5.36. The Morgan fingerprint density at radius 1 is 1.08 bits per heavy atom. The number of carbonyl (C=O) groups excluding carboxylic acids is 1. The molecule has 0 N–H and O–H groups in total. The summed E-state index contributed by atoms with van der Waals surface area (Å²) >= 11 is 3.60. The fourth-order valence-electron chi connectivity index (χ4n) is 2.93. The summed E-state index contributed by atoms with van der Waals surface area (Å²) in [6.45, 7) is 1.99. The van der Waals surface area contributed by atoms with E-state index in [4.69, 9.17) is 4.74 Å². The molecule has 0 atom stereocenters. The van der Waals surface area contributed by atoms with E-state index < -0.39 is 0 Å². The van der Waals surface area contributed by atoms with Crippen LogP contribution >= 0.6 is 15.9 Å². The number of hydrogen-bond donors (Lipinski definition) is 0. The highest BCUT2D eigenvalue weighted by atomic mass is 79.9. The van der Waals surface area contributed by atoms with E-state index in [9.17, 15) is 4.79 Å². The molecule has 124 valence electrons. The van der Waals surface area contributed by atoms with Gasteiger partial charge < -0.3 is 9.64 Å². The largest absolute Gasteiger partial charge is 0.465 e. The lowest BCUT2D eigenvalue weighted by Crippen LogP contribution is -2.30. The van der Waals surface area contributed by atoms with E-state index in [1.165, 1.54) is 18.2 Å². The Labute approximate surface area is 151 Å². The first kappa shape index (κ1) is 16.8. The predicted octanol–water partition coefficient (Wildman–Crippen LogP) is 4.92. The SMILES string of the molecule is COC(=O)c1ccc(N2CCC(=Cc3ccccc3Br)CC2)cc1. The molecule has 1 fully saturated rings. The Hall–Kier alpha value is -2.07. The van der Waals surface area contributed by atoms with Crippen LogP contribution in [0.25, 0.3) is 6.08 Å². The van der Waals surface area contributed by atoms with Crippen molar-refractivity contribution >= 4 is 33.7 Å². The van der Waals surface area contributed by atoms with Crippen molar-refractivity contribution in [1.82, 2.24) is 0 Å². The van der Waals surface area contributed by atoms with Crippen LogP contribution in [0.3, 0.4) is 0 Å². The maximum absolute atomic E-state index is 11.5. The van der Waals surface area contributed by atoms with Crippen molar-refractivity contribution in [2.75, 3.05) is 25.1 Å². The molecule has 1 aliphatic rings. The van der Waals surface area contributed by atoms with Crippen molar-refractivity contribution in [1.29, 1.82) is 0 Å². The van der Waals surface area contributed by atoms with E-state index in [0.29, 0.717) is 5.56 Å². The van der Waals surface area contributed by atoms with Gasteiger partial charge >= 0.3 is 5.97 Å². The zero-order valence-electron chi connectivity index (χ0n) is 13.7. The van der Waals surface area contributed by atoms with Gasteiger partial charge in [-0.05, 0) is 48.7 Å². The first-order valence-corrected chi connectivity index (χ1v) is 8.84. The van der Waals surface area contributed by atoms with E-state index >= 15 is 0 Å². The summed E-state index contributed by atoms with van der Waals surface area (Å²) in [5.74, 6) is -0.293. The third-order valence-corrected chi connectivity index (χ3v) is 5.05. The van der Waals surface area contributed by atoms with Crippen LogP contribution in [-0.4, -0.2) is 26.2 Å². The number of anilines is 1. The Morgan fingerprint density at radius 3 is 2.38 bits per heavy atom. The fraction of sp³-hybridized carbons (Fsp3) is 0.250. The number of benzene rings is 2. The average Bonchev–Trinajstić information content (AvgIpc) is 2.64. The average molecular weight is 386 g/mol. The molecule has 0 saturated carbocycles. The maximum atomic E-state index is 11.5. The fourth-order valence-corrected chi connectivity index (χ4v) is 3.33. The van der Waals surface area contributed by atoms with Gasteiger partial charge in [-0.15, -0.1) is 0 Å². The number of nitrogens with zero attached hydrogens (tertiary/aromatic N) is 1. The zero-order valence-corrected chi connectivity index (χ0v) is 15.3.